The highest BCUT2D eigenvalue weighted by molar-refractivity contribution is 6.23. The van der Waals surface area contributed by atoms with Crippen molar-refractivity contribution >= 4 is 41.1 Å². The van der Waals surface area contributed by atoms with E-state index in [0.29, 0.717) is 0 Å². The lowest BCUT2D eigenvalue weighted by molar-refractivity contribution is -0.119. The summed E-state index contributed by atoms with van der Waals surface area (Å²) in [5.41, 5.74) is 0.339. The second kappa shape index (κ2) is 9.74. The van der Waals surface area contributed by atoms with Crippen molar-refractivity contribution in [2.45, 2.75) is 39.3 Å². The second-order valence-electron chi connectivity index (χ2n) is 8.64. The molecule has 1 aliphatic heterocycles. The highest BCUT2D eigenvalue weighted by atomic mass is 16.6. The van der Waals surface area contributed by atoms with Gasteiger partial charge in [0.05, 0.1) is 22.5 Å². The van der Waals surface area contributed by atoms with Crippen LogP contribution < -0.4 is 16.0 Å². The maximum absolute atomic E-state index is 12.9. The number of amides is 5. The number of ether oxygens (including phenoxy) is 1. The first-order valence-electron chi connectivity index (χ1n) is 10.6. The molecule has 0 spiro atoms. The van der Waals surface area contributed by atoms with E-state index in [0.717, 1.165) is 4.90 Å². The highest BCUT2D eigenvalue weighted by Crippen LogP contribution is 2.26. The van der Waals surface area contributed by atoms with Gasteiger partial charge in [-0.1, -0.05) is 24.3 Å². The first kappa shape index (κ1) is 24.4. The molecule has 0 aromatic heterocycles. The number of carbonyl (C=O) groups is 5. The lowest BCUT2D eigenvalue weighted by atomic mass is 10.1. The molecule has 0 bridgehead atoms. The molecule has 0 saturated carbocycles. The van der Waals surface area contributed by atoms with Crippen molar-refractivity contribution in [3.8, 4) is 0 Å². The van der Waals surface area contributed by atoms with Gasteiger partial charge in [-0.15, -0.1) is 0 Å². The molecule has 0 saturated heterocycles. The summed E-state index contributed by atoms with van der Waals surface area (Å²) in [6, 6.07) is 11.7. The van der Waals surface area contributed by atoms with Crippen LogP contribution in [0.1, 0.15) is 48.4 Å². The monoisotopic (exact) mass is 466 g/mol. The fourth-order valence-corrected chi connectivity index (χ4v) is 3.28. The minimum atomic E-state index is -1.09. The Morgan fingerprint density at radius 2 is 1.38 bits per heavy atom. The molecule has 0 radical (unpaired) electrons. The third-order valence-electron chi connectivity index (χ3n) is 4.84. The van der Waals surface area contributed by atoms with Gasteiger partial charge in [-0.05, 0) is 52.0 Å². The second-order valence-corrected chi connectivity index (χ2v) is 8.64. The SMILES string of the molecule is CC(C(=O)Nc1ccccc1NC(=O)CNC(=O)OC(C)(C)C)N1C(=O)c2ccccc2C1=O. The summed E-state index contributed by atoms with van der Waals surface area (Å²) < 4.78 is 5.08. The van der Waals surface area contributed by atoms with Gasteiger partial charge in [0.1, 0.15) is 18.2 Å². The fraction of sp³-hybridized carbons (Fsp3) is 0.292. The molecular weight excluding hydrogens is 440 g/mol. The first-order valence-corrected chi connectivity index (χ1v) is 10.6. The molecule has 178 valence electrons. The van der Waals surface area contributed by atoms with Crippen molar-refractivity contribution in [3.63, 3.8) is 0 Å². The minimum absolute atomic E-state index is 0.248. The van der Waals surface area contributed by atoms with Gasteiger partial charge in [0.2, 0.25) is 11.8 Å². The van der Waals surface area contributed by atoms with Gasteiger partial charge in [-0.3, -0.25) is 24.1 Å². The molecule has 1 atom stereocenters. The summed E-state index contributed by atoms with van der Waals surface area (Å²) in [4.78, 5) is 63.1. The Morgan fingerprint density at radius 3 is 1.91 bits per heavy atom. The zero-order valence-electron chi connectivity index (χ0n) is 19.3. The van der Waals surface area contributed by atoms with Crippen molar-refractivity contribution in [2.24, 2.45) is 0 Å². The minimum Gasteiger partial charge on any atom is -0.444 e. The normalized spacial score (nSPS) is 13.7. The molecule has 1 aliphatic rings. The summed E-state index contributed by atoms with van der Waals surface area (Å²) in [5, 5.41) is 7.60. The summed E-state index contributed by atoms with van der Waals surface area (Å²) in [6.45, 7) is 6.21. The topological polar surface area (TPSA) is 134 Å². The molecule has 10 heteroatoms. The number of alkyl carbamates (subject to hydrolysis) is 1. The van der Waals surface area contributed by atoms with Gasteiger partial charge in [-0.2, -0.15) is 0 Å². The summed E-state index contributed by atoms with van der Waals surface area (Å²) in [7, 11) is 0. The molecule has 34 heavy (non-hydrogen) atoms. The van der Waals surface area contributed by atoms with Gasteiger partial charge in [-0.25, -0.2) is 4.79 Å². The average Bonchev–Trinajstić information content (AvgIpc) is 3.02. The average molecular weight is 466 g/mol. The largest absolute Gasteiger partial charge is 0.444 e. The molecule has 3 rings (SSSR count). The van der Waals surface area contributed by atoms with E-state index in [4.69, 9.17) is 4.74 Å². The number of carbonyl (C=O) groups excluding carboxylic acids is 5. The number of anilines is 2. The van der Waals surface area contributed by atoms with Crippen LogP contribution in [0.5, 0.6) is 0 Å². The lowest BCUT2D eigenvalue weighted by Crippen LogP contribution is -2.45. The molecular formula is C24H26N4O6. The quantitative estimate of drug-likeness (QED) is 0.561. The standard InChI is InChI=1S/C24H26N4O6/c1-14(28-21(31)15-9-5-6-10-16(15)22(28)32)20(30)27-18-12-8-7-11-17(18)26-19(29)13-25-23(33)34-24(2,3)4/h5-12,14H,13H2,1-4H3,(H,25,33)(H,26,29)(H,27,30). The maximum Gasteiger partial charge on any atom is 0.408 e. The van der Waals surface area contributed by atoms with Gasteiger partial charge < -0.3 is 20.7 Å². The van der Waals surface area contributed by atoms with Crippen LogP contribution in [0.3, 0.4) is 0 Å². The molecule has 3 N–H and O–H groups in total. The maximum atomic E-state index is 12.9. The van der Waals surface area contributed by atoms with Crippen molar-refractivity contribution < 1.29 is 28.7 Å². The van der Waals surface area contributed by atoms with Crippen molar-refractivity contribution in [1.82, 2.24) is 10.2 Å². The Bertz CT molecular complexity index is 1120. The predicted octanol–water partition coefficient (Wildman–Crippen LogP) is 2.77. The van der Waals surface area contributed by atoms with E-state index in [9.17, 15) is 24.0 Å². The zero-order valence-corrected chi connectivity index (χ0v) is 19.3. The van der Waals surface area contributed by atoms with E-state index < -0.39 is 41.4 Å². The number of hydrogen-bond donors (Lipinski definition) is 3. The van der Waals surface area contributed by atoms with Crippen LogP contribution in [0.2, 0.25) is 0 Å². The van der Waals surface area contributed by atoms with Gasteiger partial charge in [0.15, 0.2) is 0 Å². The number of hydrogen-bond acceptors (Lipinski definition) is 6. The van der Waals surface area contributed by atoms with Crippen molar-refractivity contribution in [2.75, 3.05) is 17.2 Å². The molecule has 0 fully saturated rings. The zero-order chi connectivity index (χ0) is 25.0. The van der Waals surface area contributed by atoms with E-state index >= 15 is 0 Å². The van der Waals surface area contributed by atoms with Crippen LogP contribution in [0, 0.1) is 0 Å². The number of fused-ring (bicyclic) bond motifs is 1. The Balaban J connectivity index is 1.64. The number of rotatable bonds is 6. The first-order chi connectivity index (χ1) is 16.0. The van der Waals surface area contributed by atoms with E-state index in [-0.39, 0.29) is 29.0 Å². The van der Waals surface area contributed by atoms with E-state index in [2.05, 4.69) is 16.0 Å². The van der Waals surface area contributed by atoms with E-state index in [1.807, 2.05) is 0 Å². The molecule has 10 nitrogen and oxygen atoms in total. The number of nitrogens with one attached hydrogen (secondary N) is 3. The van der Waals surface area contributed by atoms with Crippen LogP contribution in [-0.4, -0.2) is 52.8 Å². The molecule has 5 amide bonds. The summed E-state index contributed by atoms with van der Waals surface area (Å²) >= 11 is 0. The lowest BCUT2D eigenvalue weighted by Gasteiger charge is -2.22. The third-order valence-corrected chi connectivity index (χ3v) is 4.84. The Labute approximate surface area is 196 Å². The van der Waals surface area contributed by atoms with Gasteiger partial charge in [0.25, 0.3) is 11.8 Å². The number of para-hydroxylation sites is 2. The van der Waals surface area contributed by atoms with Crippen molar-refractivity contribution in [1.29, 1.82) is 0 Å². The van der Waals surface area contributed by atoms with Crippen LogP contribution in [0.4, 0.5) is 16.2 Å². The molecule has 0 aliphatic carbocycles. The Kier molecular flexibility index (Phi) is 7.00. The molecule has 1 unspecified atom stereocenters. The fourth-order valence-electron chi connectivity index (χ4n) is 3.28. The smallest absolute Gasteiger partial charge is 0.408 e. The number of nitrogens with zero attached hydrogens (tertiary/aromatic N) is 1. The molecule has 2 aromatic carbocycles. The molecule has 2 aromatic rings. The number of benzene rings is 2. The number of imide groups is 1. The van der Waals surface area contributed by atoms with Gasteiger partial charge >= 0.3 is 6.09 Å². The van der Waals surface area contributed by atoms with Crippen LogP contribution in [0.25, 0.3) is 0 Å². The van der Waals surface area contributed by atoms with E-state index in [1.165, 1.54) is 19.1 Å². The van der Waals surface area contributed by atoms with Gasteiger partial charge in [0, 0.05) is 0 Å². The predicted molar refractivity (Wildman–Crippen MR) is 124 cm³/mol. The summed E-state index contributed by atoms with van der Waals surface area (Å²) in [6.07, 6.45) is -0.737. The van der Waals surface area contributed by atoms with Crippen LogP contribution >= 0.6 is 0 Å². The molecule has 1 heterocycles. The van der Waals surface area contributed by atoms with Crippen LogP contribution in [-0.2, 0) is 14.3 Å². The Hall–Kier alpha value is -4.21. The summed E-state index contributed by atoms with van der Waals surface area (Å²) in [5.74, 6) is -2.24. The van der Waals surface area contributed by atoms with E-state index in [1.54, 1.807) is 57.2 Å². The highest BCUT2D eigenvalue weighted by Gasteiger charge is 2.40. The van der Waals surface area contributed by atoms with Crippen molar-refractivity contribution in [3.05, 3.63) is 59.7 Å². The van der Waals surface area contributed by atoms with Crippen LogP contribution in [0.15, 0.2) is 48.5 Å². The third kappa shape index (κ3) is 5.58. The Morgan fingerprint density at radius 1 is 0.882 bits per heavy atom.